The maximum absolute atomic E-state index is 10.1. The molecule has 10 heavy (non-hydrogen) atoms. The predicted octanol–water partition coefficient (Wildman–Crippen LogP) is -1.04. The summed E-state index contributed by atoms with van der Waals surface area (Å²) in [5.41, 5.74) is 0. The van der Waals surface area contributed by atoms with Crippen molar-refractivity contribution >= 4 is 29.3 Å². The highest BCUT2D eigenvalue weighted by Gasteiger charge is 2.12. The summed E-state index contributed by atoms with van der Waals surface area (Å²) in [4.78, 5) is 23.2. The number of thiocarbonyl (C=S) groups is 1. The van der Waals surface area contributed by atoms with Crippen molar-refractivity contribution in [1.29, 1.82) is 0 Å². The Balaban J connectivity index is 3.80. The summed E-state index contributed by atoms with van der Waals surface area (Å²) in [7, 11) is 0. The SMILES string of the molecule is O=C(O)C(=O)NC(=S)OO. The smallest absolute Gasteiger partial charge is 0.394 e. The van der Waals surface area contributed by atoms with Crippen molar-refractivity contribution in [3.05, 3.63) is 0 Å². The molecule has 0 aliphatic rings. The first-order chi connectivity index (χ1) is 4.57. The Hall–Kier alpha value is -1.21. The van der Waals surface area contributed by atoms with Gasteiger partial charge in [0.2, 0.25) is 0 Å². The summed E-state index contributed by atoms with van der Waals surface area (Å²) < 4.78 is 0. The Morgan fingerprint density at radius 3 is 2.30 bits per heavy atom. The quantitative estimate of drug-likeness (QED) is 0.184. The molecule has 0 atom stereocenters. The van der Waals surface area contributed by atoms with Crippen molar-refractivity contribution in [3.63, 3.8) is 0 Å². The molecule has 6 nitrogen and oxygen atoms in total. The molecule has 0 aliphatic heterocycles. The molecule has 0 unspecified atom stereocenters. The number of carbonyl (C=O) groups excluding carboxylic acids is 1. The molecule has 0 fully saturated rings. The zero-order valence-corrected chi connectivity index (χ0v) is 5.34. The Bertz CT molecular complexity index is 178. The summed E-state index contributed by atoms with van der Waals surface area (Å²) in [6.07, 6.45) is 0. The van der Waals surface area contributed by atoms with E-state index in [0.717, 1.165) is 0 Å². The Labute approximate surface area is 60.3 Å². The van der Waals surface area contributed by atoms with Crippen LogP contribution in [0.3, 0.4) is 0 Å². The lowest BCUT2D eigenvalue weighted by atomic mass is 10.6. The number of carboxylic acids is 1. The van der Waals surface area contributed by atoms with E-state index in [9.17, 15) is 9.59 Å². The second kappa shape index (κ2) is 3.75. The van der Waals surface area contributed by atoms with E-state index in [2.05, 4.69) is 17.1 Å². The maximum Gasteiger partial charge on any atom is 0.394 e. The van der Waals surface area contributed by atoms with Crippen LogP contribution >= 0.6 is 12.2 Å². The van der Waals surface area contributed by atoms with Crippen molar-refractivity contribution in [1.82, 2.24) is 5.32 Å². The summed E-state index contributed by atoms with van der Waals surface area (Å²) >= 11 is 4.08. The van der Waals surface area contributed by atoms with Crippen molar-refractivity contribution in [2.24, 2.45) is 0 Å². The molecule has 0 aliphatic carbocycles. The van der Waals surface area contributed by atoms with Crippen LogP contribution in [-0.2, 0) is 14.5 Å². The molecular formula is C3H3NO5S. The largest absolute Gasteiger partial charge is 0.474 e. The molecule has 7 heteroatoms. The molecule has 1 amide bonds. The molecule has 0 radical (unpaired) electrons. The van der Waals surface area contributed by atoms with Gasteiger partial charge in [-0.2, -0.15) is 0 Å². The van der Waals surface area contributed by atoms with Gasteiger partial charge >= 0.3 is 17.1 Å². The number of hydrogen-bond donors (Lipinski definition) is 3. The number of hydrogen-bond acceptors (Lipinski definition) is 5. The molecule has 0 saturated carbocycles. The molecule has 0 saturated heterocycles. The molecule has 0 aromatic heterocycles. The minimum Gasteiger partial charge on any atom is -0.474 e. The monoisotopic (exact) mass is 165 g/mol. The number of rotatable bonds is 0. The zero-order valence-electron chi connectivity index (χ0n) is 4.53. The first-order valence-electron chi connectivity index (χ1n) is 1.97. The van der Waals surface area contributed by atoms with Crippen LogP contribution in [0.5, 0.6) is 0 Å². The number of aliphatic carboxylic acids is 1. The van der Waals surface area contributed by atoms with Crippen molar-refractivity contribution in [2.45, 2.75) is 0 Å². The van der Waals surface area contributed by atoms with Crippen LogP contribution in [0.25, 0.3) is 0 Å². The van der Waals surface area contributed by atoms with Crippen molar-refractivity contribution in [2.75, 3.05) is 0 Å². The van der Waals surface area contributed by atoms with Gasteiger partial charge in [-0.15, -0.1) is 0 Å². The minimum absolute atomic E-state index is 0.701. The van der Waals surface area contributed by atoms with Crippen LogP contribution in [0.4, 0.5) is 0 Å². The van der Waals surface area contributed by atoms with E-state index in [1.807, 2.05) is 0 Å². The molecule has 0 rings (SSSR count). The van der Waals surface area contributed by atoms with Gasteiger partial charge in [-0.25, -0.2) is 10.1 Å². The third kappa shape index (κ3) is 2.95. The van der Waals surface area contributed by atoms with Gasteiger partial charge in [-0.1, -0.05) is 0 Å². The number of amides is 1. The first kappa shape index (κ1) is 8.79. The fourth-order valence-electron chi connectivity index (χ4n) is 0.169. The Morgan fingerprint density at radius 1 is 1.50 bits per heavy atom. The average molecular weight is 165 g/mol. The van der Waals surface area contributed by atoms with Crippen LogP contribution in [0.15, 0.2) is 0 Å². The zero-order chi connectivity index (χ0) is 8.15. The van der Waals surface area contributed by atoms with Crippen LogP contribution in [0.2, 0.25) is 0 Å². The highest BCUT2D eigenvalue weighted by molar-refractivity contribution is 7.80. The lowest BCUT2D eigenvalue weighted by Gasteiger charge is -1.96. The van der Waals surface area contributed by atoms with Gasteiger partial charge in [0.1, 0.15) is 0 Å². The molecule has 0 bridgehead atoms. The van der Waals surface area contributed by atoms with E-state index in [4.69, 9.17) is 10.4 Å². The van der Waals surface area contributed by atoms with Crippen LogP contribution in [0, 0.1) is 0 Å². The fraction of sp³-hybridized carbons (Fsp3) is 0. The Kier molecular flexibility index (Phi) is 3.29. The number of nitrogens with one attached hydrogen (secondary N) is 1. The van der Waals surface area contributed by atoms with E-state index in [1.165, 1.54) is 0 Å². The topological polar surface area (TPSA) is 95.9 Å². The standard InChI is InChI=1S/C3H3NO5S/c5-1(2(6)7)4-3(10)9-8/h8H,(H,6,7)(H,4,5,10). The van der Waals surface area contributed by atoms with E-state index >= 15 is 0 Å². The predicted molar refractivity (Wildman–Crippen MR) is 32.1 cm³/mol. The van der Waals surface area contributed by atoms with Gasteiger partial charge in [-0.3, -0.25) is 10.1 Å². The second-order valence-corrected chi connectivity index (χ2v) is 1.51. The van der Waals surface area contributed by atoms with Crippen LogP contribution in [-0.4, -0.2) is 27.4 Å². The minimum atomic E-state index is -1.71. The lowest BCUT2D eigenvalue weighted by Crippen LogP contribution is -2.35. The summed E-state index contributed by atoms with van der Waals surface area (Å²) in [6.45, 7) is 0. The third-order valence-electron chi connectivity index (χ3n) is 0.493. The van der Waals surface area contributed by atoms with Crippen molar-refractivity contribution < 1.29 is 24.8 Å². The number of carbonyl (C=O) groups is 2. The third-order valence-corrected chi connectivity index (χ3v) is 0.669. The van der Waals surface area contributed by atoms with E-state index in [0.29, 0.717) is 0 Å². The molecular weight excluding hydrogens is 162 g/mol. The van der Waals surface area contributed by atoms with E-state index < -0.39 is 17.1 Å². The number of carboxylic acid groups (broad SMARTS) is 1. The van der Waals surface area contributed by atoms with Gasteiger partial charge in [0.25, 0.3) is 0 Å². The summed E-state index contributed by atoms with van der Waals surface area (Å²) in [6, 6.07) is 0. The molecule has 3 N–H and O–H groups in total. The van der Waals surface area contributed by atoms with Gasteiger partial charge < -0.3 is 9.99 Å². The highest BCUT2D eigenvalue weighted by atomic mass is 32.1. The fourth-order valence-corrected chi connectivity index (χ4v) is 0.262. The summed E-state index contributed by atoms with van der Waals surface area (Å²) in [5, 5.41) is 16.5. The van der Waals surface area contributed by atoms with Crippen molar-refractivity contribution in [3.8, 4) is 0 Å². The summed E-state index contributed by atoms with van der Waals surface area (Å²) in [5.74, 6) is -3.07. The molecule has 0 heterocycles. The van der Waals surface area contributed by atoms with E-state index in [1.54, 1.807) is 5.32 Å². The van der Waals surface area contributed by atoms with E-state index in [-0.39, 0.29) is 0 Å². The Morgan fingerprint density at radius 2 is 2.00 bits per heavy atom. The van der Waals surface area contributed by atoms with Gasteiger partial charge in [0, 0.05) is 0 Å². The molecule has 0 spiro atoms. The van der Waals surface area contributed by atoms with Crippen LogP contribution < -0.4 is 5.32 Å². The second-order valence-electron chi connectivity index (χ2n) is 1.14. The highest BCUT2D eigenvalue weighted by Crippen LogP contribution is 1.72. The molecule has 56 valence electrons. The molecule has 0 aromatic rings. The normalized spacial score (nSPS) is 8.10. The van der Waals surface area contributed by atoms with Gasteiger partial charge in [-0.05, 0) is 12.2 Å². The first-order valence-corrected chi connectivity index (χ1v) is 2.38. The maximum atomic E-state index is 10.1. The van der Waals surface area contributed by atoms with Crippen LogP contribution in [0.1, 0.15) is 0 Å². The van der Waals surface area contributed by atoms with Gasteiger partial charge in [0.15, 0.2) is 0 Å². The molecule has 0 aromatic carbocycles. The average Bonchev–Trinajstić information content (AvgIpc) is 1.87. The van der Waals surface area contributed by atoms with Gasteiger partial charge in [0.05, 0.1) is 0 Å². The lowest BCUT2D eigenvalue weighted by molar-refractivity contribution is -0.160.